The van der Waals surface area contributed by atoms with Crippen molar-refractivity contribution >= 4 is 5.91 Å². The van der Waals surface area contributed by atoms with Crippen molar-refractivity contribution in [2.45, 2.75) is 37.5 Å². The summed E-state index contributed by atoms with van der Waals surface area (Å²) in [5.41, 5.74) is 1.05. The van der Waals surface area contributed by atoms with Crippen LogP contribution in [0.2, 0.25) is 0 Å². The first-order valence-electron chi connectivity index (χ1n) is 8.64. The van der Waals surface area contributed by atoms with Crippen molar-refractivity contribution in [1.29, 1.82) is 0 Å². The van der Waals surface area contributed by atoms with E-state index >= 15 is 0 Å². The van der Waals surface area contributed by atoms with Crippen LogP contribution in [0.1, 0.15) is 25.0 Å². The number of likely N-dealkylation sites (N-methyl/N-ethyl adjacent to an activating group) is 1. The lowest BCUT2D eigenvalue weighted by Gasteiger charge is -2.38. The Bertz CT molecular complexity index is 542. The number of aromatic nitrogens is 1. The molecule has 1 aromatic heterocycles. The van der Waals surface area contributed by atoms with Crippen LogP contribution >= 0.6 is 0 Å². The molecule has 2 aliphatic heterocycles. The second-order valence-electron chi connectivity index (χ2n) is 7.02. The van der Waals surface area contributed by atoms with Gasteiger partial charge >= 0.3 is 0 Å². The summed E-state index contributed by atoms with van der Waals surface area (Å²) in [7, 11) is 3.49. The smallest absolute Gasteiger partial charge is 0.248 e. The third-order valence-electron chi connectivity index (χ3n) is 5.00. The molecule has 132 valence electrons. The van der Waals surface area contributed by atoms with Crippen molar-refractivity contribution in [3.05, 3.63) is 30.1 Å². The molecule has 2 fully saturated rings. The van der Waals surface area contributed by atoms with Gasteiger partial charge in [0.25, 0.3) is 0 Å². The number of hydrogen-bond acceptors (Lipinski definition) is 5. The van der Waals surface area contributed by atoms with Crippen LogP contribution in [-0.2, 0) is 20.8 Å². The molecule has 0 aliphatic carbocycles. The Kier molecular flexibility index (Phi) is 5.48. The number of amides is 1. The summed E-state index contributed by atoms with van der Waals surface area (Å²) in [5.74, 6) is 0.00105. The number of pyridine rings is 1. The third kappa shape index (κ3) is 4.32. The van der Waals surface area contributed by atoms with E-state index < -0.39 is 0 Å². The fourth-order valence-corrected chi connectivity index (χ4v) is 3.42. The first-order chi connectivity index (χ1) is 11.6. The molecule has 1 atom stereocenters. The van der Waals surface area contributed by atoms with E-state index in [0.29, 0.717) is 6.61 Å². The number of piperidine rings is 1. The SMILES string of the molecule is CN(C)C(=O)CO[C@H]1COC2(CCN(Cc3ccccn3)CC2)C1. The summed E-state index contributed by atoms with van der Waals surface area (Å²) < 4.78 is 11.8. The predicted octanol–water partition coefficient (Wildman–Crippen LogP) is 1.31. The van der Waals surface area contributed by atoms with Crippen molar-refractivity contribution in [1.82, 2.24) is 14.8 Å². The van der Waals surface area contributed by atoms with Gasteiger partial charge in [-0.3, -0.25) is 14.7 Å². The Balaban J connectivity index is 1.44. The average Bonchev–Trinajstić information content (AvgIpc) is 2.99. The van der Waals surface area contributed by atoms with Crippen LogP contribution in [0.25, 0.3) is 0 Å². The molecule has 1 amide bonds. The standard InChI is InChI=1S/C18H27N3O3/c1-20(2)17(22)14-23-16-11-18(24-13-16)6-9-21(10-7-18)12-15-5-3-4-8-19-15/h3-5,8,16H,6-7,9-14H2,1-2H3/t16-/m1/s1. The van der Waals surface area contributed by atoms with E-state index in [1.165, 1.54) is 0 Å². The Hall–Kier alpha value is -1.50. The van der Waals surface area contributed by atoms with Crippen molar-refractivity contribution < 1.29 is 14.3 Å². The minimum Gasteiger partial charge on any atom is -0.372 e. The zero-order chi connectivity index (χ0) is 17.0. The van der Waals surface area contributed by atoms with Gasteiger partial charge in [0.05, 0.1) is 24.0 Å². The van der Waals surface area contributed by atoms with Gasteiger partial charge in [-0.1, -0.05) is 6.07 Å². The van der Waals surface area contributed by atoms with Crippen LogP contribution < -0.4 is 0 Å². The van der Waals surface area contributed by atoms with E-state index in [-0.39, 0.29) is 24.2 Å². The molecule has 2 saturated heterocycles. The van der Waals surface area contributed by atoms with Gasteiger partial charge in [0.2, 0.25) is 5.91 Å². The average molecular weight is 333 g/mol. The third-order valence-corrected chi connectivity index (χ3v) is 5.00. The van der Waals surface area contributed by atoms with Crippen molar-refractivity contribution in [2.75, 3.05) is 40.4 Å². The van der Waals surface area contributed by atoms with Crippen molar-refractivity contribution in [3.63, 3.8) is 0 Å². The Morgan fingerprint density at radius 3 is 2.88 bits per heavy atom. The van der Waals surface area contributed by atoms with Crippen LogP contribution in [0.15, 0.2) is 24.4 Å². The molecule has 6 heteroatoms. The molecular formula is C18H27N3O3. The Morgan fingerprint density at radius 1 is 1.42 bits per heavy atom. The van der Waals surface area contributed by atoms with E-state index in [0.717, 1.165) is 44.6 Å². The molecule has 6 nitrogen and oxygen atoms in total. The highest BCUT2D eigenvalue weighted by molar-refractivity contribution is 5.76. The van der Waals surface area contributed by atoms with Gasteiger partial charge in [0.1, 0.15) is 6.61 Å². The Morgan fingerprint density at radius 2 is 2.21 bits per heavy atom. The normalized spacial score (nSPS) is 23.5. The zero-order valence-electron chi connectivity index (χ0n) is 14.6. The molecule has 0 saturated carbocycles. The maximum absolute atomic E-state index is 11.6. The van der Waals surface area contributed by atoms with E-state index in [1.54, 1.807) is 19.0 Å². The fraction of sp³-hybridized carbons (Fsp3) is 0.667. The topological polar surface area (TPSA) is 54.9 Å². The Labute approximate surface area is 143 Å². The quantitative estimate of drug-likeness (QED) is 0.813. The molecule has 0 N–H and O–H groups in total. The van der Waals surface area contributed by atoms with Crippen LogP contribution in [-0.4, -0.2) is 72.8 Å². The van der Waals surface area contributed by atoms with Gasteiger partial charge in [-0.15, -0.1) is 0 Å². The highest BCUT2D eigenvalue weighted by Crippen LogP contribution is 2.37. The van der Waals surface area contributed by atoms with Crippen LogP contribution in [0.3, 0.4) is 0 Å². The van der Waals surface area contributed by atoms with Gasteiger partial charge in [0.15, 0.2) is 0 Å². The van der Waals surface area contributed by atoms with Crippen molar-refractivity contribution in [2.24, 2.45) is 0 Å². The number of ether oxygens (including phenoxy) is 2. The number of carbonyl (C=O) groups excluding carboxylic acids is 1. The number of rotatable bonds is 5. The largest absolute Gasteiger partial charge is 0.372 e. The van der Waals surface area contributed by atoms with Gasteiger partial charge in [-0.05, 0) is 25.0 Å². The lowest BCUT2D eigenvalue weighted by atomic mass is 9.88. The maximum atomic E-state index is 11.6. The molecule has 0 bridgehead atoms. The zero-order valence-corrected chi connectivity index (χ0v) is 14.6. The van der Waals surface area contributed by atoms with E-state index in [9.17, 15) is 4.79 Å². The number of carbonyl (C=O) groups is 1. The summed E-state index contributed by atoms with van der Waals surface area (Å²) in [6.45, 7) is 3.66. The van der Waals surface area contributed by atoms with E-state index in [1.807, 2.05) is 18.3 Å². The molecule has 3 heterocycles. The van der Waals surface area contributed by atoms with E-state index in [4.69, 9.17) is 9.47 Å². The summed E-state index contributed by atoms with van der Waals surface area (Å²) in [4.78, 5) is 20.0. The molecule has 0 aromatic carbocycles. The molecular weight excluding hydrogens is 306 g/mol. The number of hydrogen-bond donors (Lipinski definition) is 0. The van der Waals surface area contributed by atoms with Gasteiger partial charge in [-0.25, -0.2) is 0 Å². The molecule has 3 rings (SSSR count). The maximum Gasteiger partial charge on any atom is 0.248 e. The van der Waals surface area contributed by atoms with Gasteiger partial charge in [0, 0.05) is 46.3 Å². The molecule has 1 spiro atoms. The molecule has 0 unspecified atom stereocenters. The van der Waals surface area contributed by atoms with Crippen molar-refractivity contribution in [3.8, 4) is 0 Å². The first kappa shape index (κ1) is 17.3. The van der Waals surface area contributed by atoms with Crippen LogP contribution in [0, 0.1) is 0 Å². The van der Waals surface area contributed by atoms with Gasteiger partial charge in [-0.2, -0.15) is 0 Å². The highest BCUT2D eigenvalue weighted by Gasteiger charge is 2.43. The fourth-order valence-electron chi connectivity index (χ4n) is 3.42. The summed E-state index contributed by atoms with van der Waals surface area (Å²) in [6, 6.07) is 6.05. The van der Waals surface area contributed by atoms with E-state index in [2.05, 4.69) is 16.0 Å². The lowest BCUT2D eigenvalue weighted by Crippen LogP contribution is -2.44. The minimum atomic E-state index is -0.0630. The minimum absolute atomic E-state index is 0.00105. The summed E-state index contributed by atoms with van der Waals surface area (Å²) in [5, 5.41) is 0. The predicted molar refractivity (Wildman–Crippen MR) is 90.5 cm³/mol. The number of nitrogens with zero attached hydrogens (tertiary/aromatic N) is 3. The van der Waals surface area contributed by atoms with Gasteiger partial charge < -0.3 is 14.4 Å². The first-order valence-corrected chi connectivity index (χ1v) is 8.64. The van der Waals surface area contributed by atoms with Crippen LogP contribution in [0.4, 0.5) is 0 Å². The summed E-state index contributed by atoms with van der Waals surface area (Å²) >= 11 is 0. The number of likely N-dealkylation sites (tertiary alicyclic amines) is 1. The molecule has 2 aliphatic rings. The molecule has 0 radical (unpaired) electrons. The highest BCUT2D eigenvalue weighted by atomic mass is 16.6. The summed E-state index contributed by atoms with van der Waals surface area (Å²) in [6.07, 6.45) is 4.81. The second kappa shape index (κ2) is 7.59. The second-order valence-corrected chi connectivity index (χ2v) is 7.02. The lowest BCUT2D eigenvalue weighted by molar-refractivity contribution is -0.135. The molecule has 24 heavy (non-hydrogen) atoms. The monoisotopic (exact) mass is 333 g/mol. The van der Waals surface area contributed by atoms with Crippen LogP contribution in [0.5, 0.6) is 0 Å². The molecule has 1 aromatic rings.